The molecule has 128 valence electrons. The van der Waals surface area contributed by atoms with E-state index in [1.165, 1.54) is 6.92 Å². The zero-order valence-electron chi connectivity index (χ0n) is 14.6. The third-order valence-corrected chi connectivity index (χ3v) is 3.85. The van der Waals surface area contributed by atoms with Crippen LogP contribution in [-0.2, 0) is 11.3 Å². The molecule has 0 unspecified atom stereocenters. The highest BCUT2D eigenvalue weighted by molar-refractivity contribution is 5.96. The molecule has 7 heteroatoms. The number of amides is 1. The Morgan fingerprint density at radius 2 is 1.96 bits per heavy atom. The number of Topliss-reactive ketones (excluding diaryl/α,β-unsaturated/α-hetero) is 1. The fourth-order valence-electron chi connectivity index (χ4n) is 2.75. The molecule has 0 bridgehead atoms. The summed E-state index contributed by atoms with van der Waals surface area (Å²) in [6, 6.07) is 1.70. The first-order chi connectivity index (χ1) is 11.3. The third kappa shape index (κ3) is 3.61. The molecule has 0 fully saturated rings. The van der Waals surface area contributed by atoms with Crippen LogP contribution in [0.1, 0.15) is 40.8 Å². The summed E-state index contributed by atoms with van der Waals surface area (Å²) in [5.74, 6) is 0.379. The standard InChI is InChI=1S/C17H22N4O3/c1-10-16(13(4)22)12(3)21(20-10)9-7-15(23)19-14-6-8-18-11(2)17(14)24-5/h6,8H,7,9H2,1-5H3,(H,18,19,23). The molecule has 0 atom stereocenters. The number of carbonyl (C=O) groups excluding carboxylic acids is 2. The number of ketones is 1. The lowest BCUT2D eigenvalue weighted by Crippen LogP contribution is -2.16. The summed E-state index contributed by atoms with van der Waals surface area (Å²) in [4.78, 5) is 28.0. The van der Waals surface area contributed by atoms with Crippen LogP contribution in [0.3, 0.4) is 0 Å². The Morgan fingerprint density at radius 1 is 1.25 bits per heavy atom. The highest BCUT2D eigenvalue weighted by Gasteiger charge is 2.16. The number of hydrogen-bond acceptors (Lipinski definition) is 5. The first kappa shape index (κ1) is 17.7. The number of nitrogens with zero attached hydrogens (tertiary/aromatic N) is 3. The van der Waals surface area contributed by atoms with E-state index in [-0.39, 0.29) is 18.1 Å². The van der Waals surface area contributed by atoms with E-state index < -0.39 is 0 Å². The van der Waals surface area contributed by atoms with Gasteiger partial charge in [-0.25, -0.2) is 0 Å². The number of aryl methyl sites for hydroxylation is 3. The molecule has 0 saturated carbocycles. The van der Waals surface area contributed by atoms with Gasteiger partial charge >= 0.3 is 0 Å². The zero-order valence-corrected chi connectivity index (χ0v) is 14.6. The lowest BCUT2D eigenvalue weighted by atomic mass is 10.1. The van der Waals surface area contributed by atoms with Gasteiger partial charge in [0, 0.05) is 24.9 Å². The smallest absolute Gasteiger partial charge is 0.226 e. The van der Waals surface area contributed by atoms with Crippen LogP contribution in [0.15, 0.2) is 12.3 Å². The van der Waals surface area contributed by atoms with Gasteiger partial charge in [0.25, 0.3) is 0 Å². The fourth-order valence-corrected chi connectivity index (χ4v) is 2.75. The van der Waals surface area contributed by atoms with Crippen LogP contribution in [0.2, 0.25) is 0 Å². The minimum Gasteiger partial charge on any atom is -0.493 e. The van der Waals surface area contributed by atoms with Crippen LogP contribution in [0.25, 0.3) is 0 Å². The Labute approximate surface area is 141 Å². The topological polar surface area (TPSA) is 86.1 Å². The van der Waals surface area contributed by atoms with Crippen molar-refractivity contribution in [3.05, 3.63) is 34.9 Å². The second-order valence-electron chi connectivity index (χ2n) is 5.60. The van der Waals surface area contributed by atoms with Crippen LogP contribution >= 0.6 is 0 Å². The normalized spacial score (nSPS) is 10.5. The predicted molar refractivity (Wildman–Crippen MR) is 90.5 cm³/mol. The molecule has 2 aromatic rings. The summed E-state index contributed by atoms with van der Waals surface area (Å²) in [5, 5.41) is 7.16. The van der Waals surface area contributed by atoms with Gasteiger partial charge in [-0.2, -0.15) is 5.10 Å². The maximum absolute atomic E-state index is 12.2. The number of methoxy groups -OCH3 is 1. The van der Waals surface area contributed by atoms with Crippen LogP contribution in [0.4, 0.5) is 5.69 Å². The Morgan fingerprint density at radius 3 is 2.54 bits per heavy atom. The third-order valence-electron chi connectivity index (χ3n) is 3.85. The minimum atomic E-state index is -0.157. The van der Waals surface area contributed by atoms with Gasteiger partial charge in [0.1, 0.15) is 0 Å². The molecule has 24 heavy (non-hydrogen) atoms. The summed E-state index contributed by atoms with van der Waals surface area (Å²) in [6.45, 7) is 7.37. The van der Waals surface area contributed by atoms with Gasteiger partial charge in [-0.15, -0.1) is 0 Å². The van der Waals surface area contributed by atoms with E-state index in [1.54, 1.807) is 31.0 Å². The van der Waals surface area contributed by atoms with Crippen molar-refractivity contribution in [2.75, 3.05) is 12.4 Å². The first-order valence-corrected chi connectivity index (χ1v) is 7.69. The van der Waals surface area contributed by atoms with E-state index in [2.05, 4.69) is 15.4 Å². The molecule has 2 heterocycles. The van der Waals surface area contributed by atoms with Crippen LogP contribution in [0, 0.1) is 20.8 Å². The van der Waals surface area contributed by atoms with Gasteiger partial charge in [-0.05, 0) is 33.8 Å². The van der Waals surface area contributed by atoms with Gasteiger partial charge in [-0.3, -0.25) is 19.3 Å². The van der Waals surface area contributed by atoms with Crippen LogP contribution in [0.5, 0.6) is 5.75 Å². The van der Waals surface area contributed by atoms with Crippen molar-refractivity contribution in [1.82, 2.24) is 14.8 Å². The van der Waals surface area contributed by atoms with Crippen molar-refractivity contribution in [2.45, 2.75) is 40.7 Å². The quantitative estimate of drug-likeness (QED) is 0.822. The van der Waals surface area contributed by atoms with Gasteiger partial charge in [-0.1, -0.05) is 0 Å². The van der Waals surface area contributed by atoms with Crippen molar-refractivity contribution in [3.63, 3.8) is 0 Å². The minimum absolute atomic E-state index is 0.0160. The van der Waals surface area contributed by atoms with Gasteiger partial charge in [0.15, 0.2) is 11.5 Å². The van der Waals surface area contributed by atoms with E-state index in [1.807, 2.05) is 13.8 Å². The number of hydrogen-bond donors (Lipinski definition) is 1. The number of aromatic nitrogens is 3. The lowest BCUT2D eigenvalue weighted by Gasteiger charge is -2.12. The van der Waals surface area contributed by atoms with E-state index in [4.69, 9.17) is 4.74 Å². The van der Waals surface area contributed by atoms with Crippen molar-refractivity contribution in [1.29, 1.82) is 0 Å². The van der Waals surface area contributed by atoms with Crippen molar-refractivity contribution < 1.29 is 14.3 Å². The average molecular weight is 330 g/mol. The van der Waals surface area contributed by atoms with Gasteiger partial charge in [0.05, 0.1) is 29.7 Å². The molecule has 2 rings (SSSR count). The Balaban J connectivity index is 2.06. The van der Waals surface area contributed by atoms with Crippen molar-refractivity contribution in [3.8, 4) is 5.75 Å². The maximum atomic E-state index is 12.2. The summed E-state index contributed by atoms with van der Waals surface area (Å²) < 4.78 is 6.97. The van der Waals surface area contributed by atoms with E-state index in [9.17, 15) is 9.59 Å². The number of ether oxygens (including phenoxy) is 1. The molecule has 0 aliphatic heterocycles. The second kappa shape index (κ2) is 7.25. The molecule has 2 aromatic heterocycles. The summed E-state index contributed by atoms with van der Waals surface area (Å²) in [6.07, 6.45) is 1.86. The second-order valence-corrected chi connectivity index (χ2v) is 5.60. The first-order valence-electron chi connectivity index (χ1n) is 7.69. The SMILES string of the molecule is COc1c(NC(=O)CCn2nc(C)c(C(C)=O)c2C)ccnc1C. The molecule has 1 amide bonds. The molecule has 1 N–H and O–H groups in total. The van der Waals surface area contributed by atoms with Crippen molar-refractivity contribution in [2.24, 2.45) is 0 Å². The Hall–Kier alpha value is -2.70. The van der Waals surface area contributed by atoms with Crippen LogP contribution < -0.4 is 10.1 Å². The van der Waals surface area contributed by atoms with E-state index >= 15 is 0 Å². The molecule has 0 radical (unpaired) electrons. The molecule has 0 aliphatic carbocycles. The number of pyridine rings is 1. The Bertz CT molecular complexity index is 780. The molecular weight excluding hydrogens is 308 g/mol. The predicted octanol–water partition coefficient (Wildman–Crippen LogP) is 2.44. The summed E-state index contributed by atoms with van der Waals surface area (Å²) in [7, 11) is 1.54. The summed E-state index contributed by atoms with van der Waals surface area (Å²) >= 11 is 0. The highest BCUT2D eigenvalue weighted by atomic mass is 16.5. The molecular formula is C17H22N4O3. The van der Waals surface area contributed by atoms with E-state index in [0.717, 1.165) is 5.69 Å². The average Bonchev–Trinajstić information content (AvgIpc) is 2.79. The molecule has 7 nitrogen and oxygen atoms in total. The molecule has 0 saturated heterocycles. The number of rotatable bonds is 6. The fraction of sp³-hybridized carbons (Fsp3) is 0.412. The Kier molecular flexibility index (Phi) is 5.33. The van der Waals surface area contributed by atoms with E-state index in [0.29, 0.717) is 34.9 Å². The number of carbonyl (C=O) groups is 2. The molecule has 0 aromatic carbocycles. The maximum Gasteiger partial charge on any atom is 0.226 e. The van der Waals surface area contributed by atoms with Crippen molar-refractivity contribution >= 4 is 17.4 Å². The monoisotopic (exact) mass is 330 g/mol. The molecule has 0 spiro atoms. The molecule has 0 aliphatic rings. The number of nitrogens with one attached hydrogen (secondary N) is 1. The largest absolute Gasteiger partial charge is 0.493 e. The highest BCUT2D eigenvalue weighted by Crippen LogP contribution is 2.26. The lowest BCUT2D eigenvalue weighted by molar-refractivity contribution is -0.116. The zero-order chi connectivity index (χ0) is 17.9. The van der Waals surface area contributed by atoms with Crippen LogP contribution in [-0.4, -0.2) is 33.6 Å². The van der Waals surface area contributed by atoms with Gasteiger partial charge in [0.2, 0.25) is 5.91 Å². The number of anilines is 1. The van der Waals surface area contributed by atoms with Gasteiger partial charge < -0.3 is 10.1 Å². The summed E-state index contributed by atoms with van der Waals surface area (Å²) in [5.41, 5.74) is 3.39.